The molecule has 0 amide bonds. The molecule has 2 heterocycles. The van der Waals surface area contributed by atoms with Crippen molar-refractivity contribution in [3.8, 4) is 22.5 Å². The molecule has 8 heteroatoms. The summed E-state index contributed by atoms with van der Waals surface area (Å²) in [6.45, 7) is 5.02. The van der Waals surface area contributed by atoms with E-state index >= 15 is 0 Å². The number of aromatic amines is 1. The van der Waals surface area contributed by atoms with Gasteiger partial charge in [0.2, 0.25) is 5.82 Å². The topological polar surface area (TPSA) is 93.1 Å². The van der Waals surface area contributed by atoms with E-state index in [1.54, 1.807) is 0 Å². The lowest BCUT2D eigenvalue weighted by molar-refractivity contribution is -0.842. The van der Waals surface area contributed by atoms with Gasteiger partial charge in [-0.1, -0.05) is 41.5 Å². The molecule has 0 spiro atoms. The van der Waals surface area contributed by atoms with Gasteiger partial charge in [-0.2, -0.15) is 9.81 Å². The monoisotopic (exact) mass is 443 g/mol. The molecule has 3 aromatic rings. The van der Waals surface area contributed by atoms with Gasteiger partial charge >= 0.3 is 5.97 Å². The van der Waals surface area contributed by atoms with Crippen molar-refractivity contribution in [2.45, 2.75) is 26.7 Å². The summed E-state index contributed by atoms with van der Waals surface area (Å²) in [5.41, 5.74) is 6.38. The highest BCUT2D eigenvalue weighted by Crippen LogP contribution is 2.44. The lowest BCUT2D eigenvalue weighted by Gasteiger charge is -2.25. The fourth-order valence-corrected chi connectivity index (χ4v) is 4.41. The Morgan fingerprint density at radius 3 is 2.36 bits per heavy atom. The number of tetrazole rings is 1. The fourth-order valence-electron chi connectivity index (χ4n) is 4.41. The highest BCUT2D eigenvalue weighted by molar-refractivity contribution is 6.26. The van der Waals surface area contributed by atoms with Gasteiger partial charge in [-0.25, -0.2) is 4.79 Å². The first-order chi connectivity index (χ1) is 16.1. The number of benzene rings is 2. The molecule has 1 aliphatic carbocycles. The van der Waals surface area contributed by atoms with Gasteiger partial charge in [-0.3, -0.25) is 0 Å². The number of nitrogens with one attached hydrogen (secondary N) is 1. The van der Waals surface area contributed by atoms with Crippen LogP contribution in [0.1, 0.15) is 32.3 Å². The number of ether oxygens (including phenoxy) is 1. The largest absolute Gasteiger partial charge is 0.462 e. The first kappa shape index (κ1) is 21.2. The van der Waals surface area contributed by atoms with Crippen LogP contribution < -0.4 is 0 Å². The molecule has 168 valence electrons. The van der Waals surface area contributed by atoms with Crippen LogP contribution in [0.5, 0.6) is 0 Å². The minimum absolute atomic E-state index is 0.278. The number of aromatic nitrogens is 4. The van der Waals surface area contributed by atoms with Crippen LogP contribution in [-0.4, -0.2) is 57.1 Å². The molecule has 0 bridgehead atoms. The predicted molar refractivity (Wildman–Crippen MR) is 125 cm³/mol. The summed E-state index contributed by atoms with van der Waals surface area (Å²) in [5.74, 6) is 0.627. The predicted octanol–water partition coefficient (Wildman–Crippen LogP) is 4.05. The maximum atomic E-state index is 13.0. The Morgan fingerprint density at radius 2 is 1.76 bits per heavy atom. The Morgan fingerprint density at radius 1 is 1.06 bits per heavy atom. The maximum Gasteiger partial charge on any atom is 0.346 e. The molecule has 1 aliphatic heterocycles. The molecule has 1 aromatic heterocycles. The van der Waals surface area contributed by atoms with E-state index in [0.29, 0.717) is 28.5 Å². The van der Waals surface area contributed by atoms with Crippen LogP contribution in [0.25, 0.3) is 28.2 Å². The molecule has 1 atom stereocenters. The zero-order chi connectivity index (χ0) is 23.0. The molecule has 2 aliphatic rings. The summed E-state index contributed by atoms with van der Waals surface area (Å²) >= 11 is 0. The van der Waals surface area contributed by atoms with Crippen LogP contribution in [0.4, 0.5) is 0 Å². The lowest BCUT2D eigenvalue weighted by Crippen LogP contribution is -2.34. The van der Waals surface area contributed by atoms with Crippen LogP contribution in [0.3, 0.4) is 0 Å². The molecule has 8 nitrogen and oxygen atoms in total. The van der Waals surface area contributed by atoms with Gasteiger partial charge in [0.15, 0.2) is 11.3 Å². The second-order valence-corrected chi connectivity index (χ2v) is 8.52. The molecule has 1 saturated carbocycles. The molecule has 1 N–H and O–H groups in total. The van der Waals surface area contributed by atoms with Crippen molar-refractivity contribution >= 4 is 17.4 Å². The van der Waals surface area contributed by atoms with Gasteiger partial charge in [0.1, 0.15) is 12.3 Å². The van der Waals surface area contributed by atoms with Crippen LogP contribution in [0.15, 0.2) is 59.2 Å². The van der Waals surface area contributed by atoms with Gasteiger partial charge in [0, 0.05) is 17.0 Å². The quantitative estimate of drug-likeness (QED) is 0.439. The van der Waals surface area contributed by atoms with Crippen LogP contribution >= 0.6 is 0 Å². The van der Waals surface area contributed by atoms with E-state index in [9.17, 15) is 4.79 Å². The van der Waals surface area contributed by atoms with Crippen molar-refractivity contribution in [1.82, 2.24) is 20.6 Å². The molecule has 0 saturated heterocycles. The van der Waals surface area contributed by atoms with E-state index in [2.05, 4.69) is 58.9 Å². The Kier molecular flexibility index (Phi) is 5.38. The van der Waals surface area contributed by atoms with Gasteiger partial charge in [-0.05, 0) is 55.2 Å². The smallest absolute Gasteiger partial charge is 0.346 e. The second-order valence-electron chi connectivity index (χ2n) is 8.52. The summed E-state index contributed by atoms with van der Waals surface area (Å²) in [4.78, 5) is 13.0. The van der Waals surface area contributed by atoms with Gasteiger partial charge < -0.3 is 4.74 Å². The Hall–Kier alpha value is -3.65. The van der Waals surface area contributed by atoms with Crippen molar-refractivity contribution in [1.29, 1.82) is 0 Å². The summed E-state index contributed by atoms with van der Waals surface area (Å²) in [5, 5.41) is 19.5. The van der Waals surface area contributed by atoms with Gasteiger partial charge in [-0.15, -0.1) is 10.2 Å². The standard InChI is InChI=1S/C25H26N6O2/c1-4-31(3)23(21(25(32)33-5-2)22(28-31)17-12-13-17)18-14-10-16(11-15-18)19-8-6-7-9-20(19)24-26-29-30-27-24/h6-11,14-15,17H,4-5,12-13H2,1-3H3/p+1. The normalized spacial score (nSPS) is 20.2. The number of quaternary nitrogens is 1. The zero-order valence-electron chi connectivity index (χ0n) is 19.1. The number of H-pyrrole nitrogens is 1. The van der Waals surface area contributed by atoms with Crippen LogP contribution in [0, 0.1) is 5.92 Å². The van der Waals surface area contributed by atoms with Crippen LogP contribution in [0.2, 0.25) is 0 Å². The number of hydrogen-bond acceptors (Lipinski definition) is 6. The average Bonchev–Trinajstić information content (AvgIpc) is 3.44. The molecular formula is C25H27N6O2+. The Labute approximate surface area is 192 Å². The third-order valence-corrected chi connectivity index (χ3v) is 6.35. The number of rotatable bonds is 7. The van der Waals surface area contributed by atoms with Gasteiger partial charge in [0.05, 0.1) is 13.7 Å². The third kappa shape index (κ3) is 3.76. The lowest BCUT2D eigenvalue weighted by atomic mass is 9.95. The fraction of sp³-hybridized carbons (Fsp3) is 0.320. The molecular weight excluding hydrogens is 416 g/mol. The molecule has 2 aromatic carbocycles. The summed E-state index contributed by atoms with van der Waals surface area (Å²) in [6.07, 6.45) is 2.15. The molecule has 1 fully saturated rings. The van der Waals surface area contributed by atoms with Crippen molar-refractivity contribution < 1.29 is 14.1 Å². The number of esters is 1. The first-order valence-electron chi connectivity index (χ1n) is 11.4. The van der Waals surface area contributed by atoms with Crippen molar-refractivity contribution in [3.05, 3.63) is 59.7 Å². The first-order valence-corrected chi connectivity index (χ1v) is 11.4. The van der Waals surface area contributed by atoms with Crippen molar-refractivity contribution in [3.63, 3.8) is 0 Å². The van der Waals surface area contributed by atoms with E-state index in [4.69, 9.17) is 9.84 Å². The summed E-state index contributed by atoms with van der Waals surface area (Å²) in [6, 6.07) is 16.2. The SMILES string of the molecule is CCOC(=O)C1=C(c2ccc(-c3ccccc3-c3nn[nH]n3)cc2)[N+](C)(CC)N=C1C1CC1. The van der Waals surface area contributed by atoms with E-state index in [1.807, 2.05) is 31.2 Å². The number of nitrogens with zero attached hydrogens (tertiary/aromatic N) is 5. The Balaban J connectivity index is 1.59. The third-order valence-electron chi connectivity index (χ3n) is 6.35. The van der Waals surface area contributed by atoms with E-state index < -0.39 is 0 Å². The minimum atomic E-state index is -0.278. The number of hydrogen-bond donors (Lipinski definition) is 1. The zero-order valence-corrected chi connectivity index (χ0v) is 19.1. The van der Waals surface area contributed by atoms with E-state index in [-0.39, 0.29) is 5.97 Å². The Bertz CT molecular complexity index is 1240. The van der Waals surface area contributed by atoms with Crippen molar-refractivity contribution in [2.24, 2.45) is 11.0 Å². The number of carbonyl (C=O) groups excluding carboxylic acids is 1. The van der Waals surface area contributed by atoms with Crippen LogP contribution in [-0.2, 0) is 9.53 Å². The molecule has 33 heavy (non-hydrogen) atoms. The highest BCUT2D eigenvalue weighted by atomic mass is 16.5. The minimum Gasteiger partial charge on any atom is -0.462 e. The second kappa shape index (κ2) is 8.37. The summed E-state index contributed by atoms with van der Waals surface area (Å²) < 4.78 is 5.81. The summed E-state index contributed by atoms with van der Waals surface area (Å²) in [7, 11) is 2.06. The molecule has 0 radical (unpaired) electrons. The maximum absolute atomic E-state index is 13.0. The average molecular weight is 444 g/mol. The van der Waals surface area contributed by atoms with Crippen molar-refractivity contribution in [2.75, 3.05) is 20.2 Å². The van der Waals surface area contributed by atoms with E-state index in [0.717, 1.165) is 53.0 Å². The molecule has 1 unspecified atom stereocenters. The van der Waals surface area contributed by atoms with Gasteiger partial charge in [0.25, 0.3) is 0 Å². The number of carbonyl (C=O) groups is 1. The molecule has 5 rings (SSSR count). The van der Waals surface area contributed by atoms with E-state index in [1.165, 1.54) is 0 Å². The highest BCUT2D eigenvalue weighted by Gasteiger charge is 2.48.